The van der Waals surface area contributed by atoms with E-state index in [-0.39, 0.29) is 12.3 Å². The molecule has 0 unspecified atom stereocenters. The molecule has 0 saturated heterocycles. The van der Waals surface area contributed by atoms with E-state index in [0.717, 1.165) is 17.7 Å². The number of halogens is 3. The summed E-state index contributed by atoms with van der Waals surface area (Å²) in [6.45, 7) is 0.432. The molecule has 4 rings (SSSR count). The first-order valence-corrected chi connectivity index (χ1v) is 9.57. The van der Waals surface area contributed by atoms with E-state index in [9.17, 15) is 22.8 Å². The molecule has 0 spiro atoms. The molecule has 1 aliphatic rings. The normalized spacial score (nSPS) is 13.4. The maximum atomic E-state index is 12.9. The van der Waals surface area contributed by atoms with E-state index in [1.807, 2.05) is 6.07 Å². The van der Waals surface area contributed by atoms with Gasteiger partial charge in [-0.15, -0.1) is 0 Å². The van der Waals surface area contributed by atoms with Gasteiger partial charge in [0.2, 0.25) is 5.91 Å². The summed E-state index contributed by atoms with van der Waals surface area (Å²) in [6.07, 6.45) is -2.44. The lowest BCUT2D eigenvalue weighted by molar-refractivity contribution is -0.137. The number of aromatic nitrogens is 2. The molecule has 0 fully saturated rings. The molecule has 2 N–H and O–H groups in total. The van der Waals surface area contributed by atoms with E-state index in [1.165, 1.54) is 16.8 Å². The molecule has 9 heteroatoms. The Bertz CT molecular complexity index is 1180. The molecule has 2 amide bonds. The van der Waals surface area contributed by atoms with Crippen molar-refractivity contribution in [3.8, 4) is 11.3 Å². The van der Waals surface area contributed by atoms with Crippen molar-refractivity contribution >= 4 is 17.5 Å². The van der Waals surface area contributed by atoms with Crippen molar-refractivity contribution in [2.75, 3.05) is 11.4 Å². The standard InChI is InChI=1S/C22H19F3N4O2/c1-28-12-17(21(26)31)20(27-28)15-5-6-18-14(11-15)7-8-29(18)19(30)10-13-3-2-4-16(9-13)22(23,24)25/h2-6,9,11-12H,7-8,10H2,1H3,(H2,26,31). The molecular formula is C22H19F3N4O2. The Balaban J connectivity index is 1.57. The second-order valence-electron chi connectivity index (χ2n) is 7.44. The Kier molecular flexibility index (Phi) is 5.04. The fourth-order valence-corrected chi connectivity index (χ4v) is 3.82. The van der Waals surface area contributed by atoms with Crippen LogP contribution in [-0.4, -0.2) is 28.1 Å². The van der Waals surface area contributed by atoms with Gasteiger partial charge in [-0.3, -0.25) is 14.3 Å². The predicted molar refractivity (Wildman–Crippen MR) is 108 cm³/mol. The van der Waals surface area contributed by atoms with Crippen LogP contribution in [0, 0.1) is 0 Å². The molecule has 2 heterocycles. The Morgan fingerprint density at radius 1 is 1.16 bits per heavy atom. The van der Waals surface area contributed by atoms with Gasteiger partial charge in [0, 0.05) is 31.0 Å². The van der Waals surface area contributed by atoms with E-state index in [0.29, 0.717) is 41.0 Å². The number of anilines is 1. The van der Waals surface area contributed by atoms with Crippen LogP contribution < -0.4 is 10.6 Å². The average molecular weight is 428 g/mol. The van der Waals surface area contributed by atoms with E-state index >= 15 is 0 Å². The van der Waals surface area contributed by atoms with Crippen molar-refractivity contribution in [2.45, 2.75) is 19.0 Å². The van der Waals surface area contributed by atoms with E-state index < -0.39 is 17.6 Å². The van der Waals surface area contributed by atoms with Crippen molar-refractivity contribution in [3.05, 3.63) is 70.9 Å². The van der Waals surface area contributed by atoms with Gasteiger partial charge >= 0.3 is 6.18 Å². The number of hydrogen-bond acceptors (Lipinski definition) is 3. The predicted octanol–water partition coefficient (Wildman–Crippen LogP) is 3.34. The first kappa shape index (κ1) is 20.6. The van der Waals surface area contributed by atoms with Gasteiger partial charge < -0.3 is 10.6 Å². The number of nitrogens with two attached hydrogens (primary N) is 1. The number of carbonyl (C=O) groups is 2. The third-order valence-corrected chi connectivity index (χ3v) is 5.25. The van der Waals surface area contributed by atoms with E-state index in [1.54, 1.807) is 30.3 Å². The van der Waals surface area contributed by atoms with Crippen LogP contribution in [-0.2, 0) is 30.9 Å². The minimum Gasteiger partial charge on any atom is -0.365 e. The van der Waals surface area contributed by atoms with Gasteiger partial charge in [-0.1, -0.05) is 24.3 Å². The largest absolute Gasteiger partial charge is 0.416 e. The summed E-state index contributed by atoms with van der Waals surface area (Å²) in [5.41, 5.74) is 8.05. The quantitative estimate of drug-likeness (QED) is 0.692. The number of benzene rings is 2. The molecule has 0 saturated carbocycles. The Labute approximate surface area is 176 Å². The van der Waals surface area contributed by atoms with Crippen LogP contribution in [0.1, 0.15) is 27.0 Å². The van der Waals surface area contributed by atoms with E-state index in [2.05, 4.69) is 5.10 Å². The third kappa shape index (κ3) is 4.03. The Morgan fingerprint density at radius 2 is 1.94 bits per heavy atom. The fraction of sp³-hybridized carbons (Fsp3) is 0.227. The topological polar surface area (TPSA) is 81.2 Å². The van der Waals surface area contributed by atoms with Crippen LogP contribution in [0.2, 0.25) is 0 Å². The van der Waals surface area contributed by atoms with Gasteiger partial charge in [-0.2, -0.15) is 18.3 Å². The van der Waals surface area contributed by atoms with Crippen LogP contribution in [0.15, 0.2) is 48.7 Å². The highest BCUT2D eigenvalue weighted by Crippen LogP contribution is 2.34. The minimum atomic E-state index is -4.45. The number of hydrogen-bond donors (Lipinski definition) is 1. The number of aryl methyl sites for hydroxylation is 1. The molecule has 2 aromatic carbocycles. The highest BCUT2D eigenvalue weighted by Gasteiger charge is 2.31. The van der Waals surface area contributed by atoms with E-state index in [4.69, 9.17) is 5.73 Å². The highest BCUT2D eigenvalue weighted by molar-refractivity contribution is 6.00. The summed E-state index contributed by atoms with van der Waals surface area (Å²) in [6, 6.07) is 10.2. The van der Waals surface area contributed by atoms with Crippen molar-refractivity contribution in [3.63, 3.8) is 0 Å². The van der Waals surface area contributed by atoms with Gasteiger partial charge in [-0.05, 0) is 35.7 Å². The van der Waals surface area contributed by atoms with Crippen LogP contribution in [0.3, 0.4) is 0 Å². The van der Waals surface area contributed by atoms with Gasteiger partial charge in [-0.25, -0.2) is 0 Å². The second-order valence-corrected chi connectivity index (χ2v) is 7.44. The molecule has 6 nitrogen and oxygen atoms in total. The monoisotopic (exact) mass is 428 g/mol. The molecule has 0 atom stereocenters. The first-order valence-electron chi connectivity index (χ1n) is 9.57. The smallest absolute Gasteiger partial charge is 0.365 e. The number of amides is 2. The van der Waals surface area contributed by atoms with Crippen LogP contribution >= 0.6 is 0 Å². The molecule has 160 valence electrons. The van der Waals surface area contributed by atoms with Gasteiger partial charge in [0.15, 0.2) is 0 Å². The molecule has 31 heavy (non-hydrogen) atoms. The Morgan fingerprint density at radius 3 is 2.65 bits per heavy atom. The maximum Gasteiger partial charge on any atom is 0.416 e. The average Bonchev–Trinajstić information content (AvgIpc) is 3.30. The zero-order valence-corrected chi connectivity index (χ0v) is 16.6. The van der Waals surface area contributed by atoms with Crippen molar-refractivity contribution in [1.82, 2.24) is 9.78 Å². The molecule has 3 aromatic rings. The molecule has 0 bridgehead atoms. The molecule has 0 aliphatic carbocycles. The van der Waals surface area contributed by atoms with Gasteiger partial charge in [0.1, 0.15) is 5.69 Å². The van der Waals surface area contributed by atoms with Crippen molar-refractivity contribution in [1.29, 1.82) is 0 Å². The lowest BCUT2D eigenvalue weighted by atomic mass is 10.0. The second kappa shape index (κ2) is 7.57. The molecule has 1 aliphatic heterocycles. The van der Waals surface area contributed by atoms with Gasteiger partial charge in [0.05, 0.1) is 17.5 Å². The third-order valence-electron chi connectivity index (χ3n) is 5.25. The van der Waals surface area contributed by atoms with Crippen molar-refractivity contribution < 1.29 is 22.8 Å². The van der Waals surface area contributed by atoms with Crippen LogP contribution in [0.5, 0.6) is 0 Å². The lowest BCUT2D eigenvalue weighted by Crippen LogP contribution is -2.30. The number of alkyl halides is 3. The summed E-state index contributed by atoms with van der Waals surface area (Å²) < 4.78 is 40.3. The summed E-state index contributed by atoms with van der Waals surface area (Å²) in [5, 5.41) is 4.31. The minimum absolute atomic E-state index is 0.128. The maximum absolute atomic E-state index is 12.9. The summed E-state index contributed by atoms with van der Waals surface area (Å²) in [7, 11) is 1.69. The SMILES string of the molecule is Cn1cc(C(N)=O)c(-c2ccc3c(c2)CCN3C(=O)Cc2cccc(C(F)(F)F)c2)n1. The fourth-order valence-electron chi connectivity index (χ4n) is 3.82. The highest BCUT2D eigenvalue weighted by atomic mass is 19.4. The lowest BCUT2D eigenvalue weighted by Gasteiger charge is -2.18. The number of primary amides is 1. The van der Waals surface area contributed by atoms with Crippen LogP contribution in [0.25, 0.3) is 11.3 Å². The first-order chi connectivity index (χ1) is 14.6. The van der Waals surface area contributed by atoms with Gasteiger partial charge in [0.25, 0.3) is 5.91 Å². The summed E-state index contributed by atoms with van der Waals surface area (Å²) in [4.78, 5) is 26.1. The number of rotatable bonds is 4. The molecular weight excluding hydrogens is 409 g/mol. The molecule has 0 radical (unpaired) electrons. The Hall–Kier alpha value is -3.62. The zero-order chi connectivity index (χ0) is 22.3. The summed E-state index contributed by atoms with van der Waals surface area (Å²) in [5.74, 6) is -0.858. The van der Waals surface area contributed by atoms with Crippen molar-refractivity contribution in [2.24, 2.45) is 12.8 Å². The number of fused-ring (bicyclic) bond motifs is 1. The number of nitrogens with zero attached hydrogens (tertiary/aromatic N) is 3. The zero-order valence-electron chi connectivity index (χ0n) is 16.6. The summed E-state index contributed by atoms with van der Waals surface area (Å²) >= 11 is 0. The molecule has 1 aromatic heterocycles. The number of carbonyl (C=O) groups excluding carboxylic acids is 2. The van der Waals surface area contributed by atoms with Crippen LogP contribution in [0.4, 0.5) is 18.9 Å².